The fraction of sp³-hybridized carbons (Fsp3) is 0.405. The van der Waals surface area contributed by atoms with Crippen molar-refractivity contribution in [2.75, 3.05) is 19.7 Å². The Bertz CT molecular complexity index is 1910. The van der Waals surface area contributed by atoms with Crippen molar-refractivity contribution in [2.45, 2.75) is 77.4 Å². The number of hydrogen-bond acceptors (Lipinski definition) is 8. The fourth-order valence-corrected chi connectivity index (χ4v) is 6.48. The highest BCUT2D eigenvalue weighted by Crippen LogP contribution is 2.30. The number of nitrogens with zero attached hydrogens (tertiary/aromatic N) is 5. The van der Waals surface area contributed by atoms with Crippen molar-refractivity contribution in [3.63, 3.8) is 0 Å². The van der Waals surface area contributed by atoms with Crippen molar-refractivity contribution in [3.8, 4) is 5.88 Å². The highest BCUT2D eigenvalue weighted by molar-refractivity contribution is 6.31. The van der Waals surface area contributed by atoms with Gasteiger partial charge in [-0.25, -0.2) is 14.8 Å². The third kappa shape index (κ3) is 7.43. The lowest BCUT2D eigenvalue weighted by atomic mass is 9.93. The summed E-state index contributed by atoms with van der Waals surface area (Å²) in [6.07, 6.45) is 5.03. The summed E-state index contributed by atoms with van der Waals surface area (Å²) in [7, 11) is 0. The van der Waals surface area contributed by atoms with Gasteiger partial charge in [-0.3, -0.25) is 9.88 Å². The minimum absolute atomic E-state index is 0.165. The van der Waals surface area contributed by atoms with Gasteiger partial charge in [-0.05, 0) is 102 Å². The van der Waals surface area contributed by atoms with Gasteiger partial charge in [0.15, 0.2) is 0 Å². The molecule has 2 aliphatic rings. The number of hydrogen-bond donors (Lipinski definition) is 0. The van der Waals surface area contributed by atoms with Gasteiger partial charge in [0.25, 0.3) is 0 Å². The van der Waals surface area contributed by atoms with E-state index < -0.39 is 5.60 Å². The maximum atomic E-state index is 12.8. The molecular formula is C37H40ClN5O4. The summed E-state index contributed by atoms with van der Waals surface area (Å²) in [5.74, 6) is 1.65. The smallest absolute Gasteiger partial charge is 0.338 e. The fourth-order valence-electron chi connectivity index (χ4n) is 6.30. The summed E-state index contributed by atoms with van der Waals surface area (Å²) in [5.41, 5.74) is 4.74. The lowest BCUT2D eigenvalue weighted by Crippen LogP contribution is -2.35. The first-order valence-electron chi connectivity index (χ1n) is 16.4. The third-order valence-corrected chi connectivity index (χ3v) is 9.08. The van der Waals surface area contributed by atoms with Crippen LogP contribution >= 0.6 is 11.6 Å². The first-order valence-corrected chi connectivity index (χ1v) is 16.7. The maximum absolute atomic E-state index is 12.8. The molecule has 7 rings (SSSR count). The number of aromatic nitrogens is 4. The molecule has 9 nitrogen and oxygen atoms in total. The Balaban J connectivity index is 1.00. The van der Waals surface area contributed by atoms with Crippen LogP contribution in [0.5, 0.6) is 5.88 Å². The number of benzene rings is 2. The highest BCUT2D eigenvalue weighted by atomic mass is 35.5. The number of rotatable bonds is 9. The van der Waals surface area contributed by atoms with Crippen molar-refractivity contribution in [1.82, 2.24) is 24.4 Å². The van der Waals surface area contributed by atoms with E-state index in [1.807, 2.05) is 75.5 Å². The van der Waals surface area contributed by atoms with Crippen LogP contribution in [0.4, 0.5) is 0 Å². The molecule has 3 aromatic heterocycles. The quantitative estimate of drug-likeness (QED) is 0.153. The zero-order valence-corrected chi connectivity index (χ0v) is 27.9. The van der Waals surface area contributed by atoms with Gasteiger partial charge in [0, 0.05) is 46.5 Å². The predicted octanol–water partition coefficient (Wildman–Crippen LogP) is 7.34. The van der Waals surface area contributed by atoms with Gasteiger partial charge in [0.1, 0.15) is 18.0 Å². The molecule has 5 heterocycles. The molecule has 0 aliphatic carbocycles. The molecule has 0 N–H and O–H groups in total. The average Bonchev–Trinajstić information content (AvgIpc) is 3.37. The Labute approximate surface area is 279 Å². The largest absolute Gasteiger partial charge is 0.473 e. The molecule has 2 saturated heterocycles. The second-order valence-corrected chi connectivity index (χ2v) is 14.0. The van der Waals surface area contributed by atoms with Crippen molar-refractivity contribution < 1.29 is 19.0 Å². The van der Waals surface area contributed by atoms with Gasteiger partial charge in [-0.1, -0.05) is 17.7 Å². The van der Waals surface area contributed by atoms with Crippen LogP contribution in [0.1, 0.15) is 73.4 Å². The molecule has 0 amide bonds. The molecule has 10 heteroatoms. The van der Waals surface area contributed by atoms with Crippen LogP contribution in [0, 0.1) is 0 Å². The summed E-state index contributed by atoms with van der Waals surface area (Å²) in [6.45, 7) is 10.2. The monoisotopic (exact) mass is 653 g/mol. The molecule has 5 aromatic rings. The highest BCUT2D eigenvalue weighted by Gasteiger charge is 2.27. The van der Waals surface area contributed by atoms with Crippen LogP contribution in [-0.2, 0) is 29.2 Å². The van der Waals surface area contributed by atoms with Gasteiger partial charge >= 0.3 is 5.97 Å². The molecule has 47 heavy (non-hydrogen) atoms. The van der Waals surface area contributed by atoms with E-state index >= 15 is 0 Å². The number of halogens is 1. The lowest BCUT2D eigenvalue weighted by Gasteiger charge is -2.32. The molecule has 1 unspecified atom stereocenters. The van der Waals surface area contributed by atoms with Gasteiger partial charge in [-0.2, -0.15) is 0 Å². The Morgan fingerprint density at radius 2 is 1.81 bits per heavy atom. The van der Waals surface area contributed by atoms with Crippen LogP contribution in [0.3, 0.4) is 0 Å². The van der Waals surface area contributed by atoms with E-state index in [0.717, 1.165) is 91.1 Å². The van der Waals surface area contributed by atoms with Crippen molar-refractivity contribution in [2.24, 2.45) is 0 Å². The Hall–Kier alpha value is -4.05. The van der Waals surface area contributed by atoms with Crippen LogP contribution < -0.4 is 4.74 Å². The van der Waals surface area contributed by atoms with Gasteiger partial charge in [-0.15, -0.1) is 0 Å². The van der Waals surface area contributed by atoms with E-state index in [1.54, 1.807) is 0 Å². The minimum Gasteiger partial charge on any atom is -0.473 e. The maximum Gasteiger partial charge on any atom is 0.338 e. The summed E-state index contributed by atoms with van der Waals surface area (Å²) in [4.78, 5) is 29.7. The van der Waals surface area contributed by atoms with Crippen molar-refractivity contribution in [1.29, 1.82) is 0 Å². The summed E-state index contributed by atoms with van der Waals surface area (Å²) in [5, 5.41) is 1.68. The molecule has 0 radical (unpaired) electrons. The zero-order valence-electron chi connectivity index (χ0n) is 27.1. The number of imidazole rings is 1. The molecule has 2 aliphatic heterocycles. The van der Waals surface area contributed by atoms with Gasteiger partial charge in [0.05, 0.1) is 41.3 Å². The van der Waals surface area contributed by atoms with Crippen LogP contribution in [0.15, 0.2) is 66.9 Å². The minimum atomic E-state index is -0.557. The van der Waals surface area contributed by atoms with E-state index in [2.05, 4.69) is 26.6 Å². The average molecular weight is 654 g/mol. The summed E-state index contributed by atoms with van der Waals surface area (Å²) < 4.78 is 19.8. The third-order valence-electron chi connectivity index (χ3n) is 8.84. The van der Waals surface area contributed by atoms with Crippen LogP contribution in [0.25, 0.3) is 21.9 Å². The molecular weight excluding hydrogens is 614 g/mol. The number of ether oxygens (including phenoxy) is 3. The summed E-state index contributed by atoms with van der Waals surface area (Å²) >= 11 is 6.17. The van der Waals surface area contributed by atoms with Crippen LogP contribution in [-0.4, -0.2) is 61.8 Å². The molecule has 2 fully saturated rings. The Kier molecular flexibility index (Phi) is 8.87. The van der Waals surface area contributed by atoms with E-state index in [1.165, 1.54) is 0 Å². The van der Waals surface area contributed by atoms with Crippen molar-refractivity contribution >= 4 is 39.5 Å². The van der Waals surface area contributed by atoms with E-state index in [-0.39, 0.29) is 12.1 Å². The SMILES string of the molecule is CC(C)(C)OC(=O)c1ccc2nc(CN3CCC(c4cccc(OCc5cnc6ccc(Cl)cc6c5)n4)CC3)n(CC3CCO3)c2c1. The lowest BCUT2D eigenvalue weighted by molar-refractivity contribution is -0.0592. The number of piperidine rings is 1. The standard InChI is InChI=1S/C37H40ClN5O4/c1-37(2,3)47-36(44)26-7-9-32-33(19-26)43(21-29-13-16-45-29)34(40-32)22-42-14-11-25(12-15-42)31-5-4-6-35(41-31)46-23-24-17-27-18-28(38)8-10-30(27)39-20-24/h4-10,17-20,25,29H,11-16,21-23H2,1-3H3. The molecule has 244 valence electrons. The Morgan fingerprint density at radius 3 is 2.57 bits per heavy atom. The normalized spacial score (nSPS) is 17.6. The van der Waals surface area contributed by atoms with Gasteiger partial charge < -0.3 is 18.8 Å². The number of carbonyl (C=O) groups excluding carboxylic acids is 1. The molecule has 0 bridgehead atoms. The van der Waals surface area contributed by atoms with Crippen LogP contribution in [0.2, 0.25) is 5.02 Å². The molecule has 0 spiro atoms. The zero-order chi connectivity index (χ0) is 32.5. The molecule has 2 aromatic carbocycles. The van der Waals surface area contributed by atoms with Gasteiger partial charge in [0.2, 0.25) is 5.88 Å². The number of esters is 1. The number of fused-ring (bicyclic) bond motifs is 2. The van der Waals surface area contributed by atoms with Crippen molar-refractivity contribution in [3.05, 3.63) is 94.5 Å². The second-order valence-electron chi connectivity index (χ2n) is 13.5. The predicted molar refractivity (Wildman–Crippen MR) is 182 cm³/mol. The number of pyridine rings is 2. The molecule has 1 atom stereocenters. The Morgan fingerprint density at radius 1 is 1.00 bits per heavy atom. The topological polar surface area (TPSA) is 91.6 Å². The summed E-state index contributed by atoms with van der Waals surface area (Å²) in [6, 6.07) is 19.4. The number of likely N-dealkylation sites (tertiary alicyclic amines) is 1. The van der Waals surface area contributed by atoms with E-state index in [4.69, 9.17) is 35.8 Å². The molecule has 0 saturated carbocycles. The van der Waals surface area contributed by atoms with E-state index in [9.17, 15) is 4.79 Å². The number of carbonyl (C=O) groups is 1. The first-order chi connectivity index (χ1) is 22.7. The first kappa shape index (κ1) is 31.5. The second kappa shape index (κ2) is 13.2. The van der Waals surface area contributed by atoms with E-state index in [0.29, 0.717) is 29.0 Å².